The van der Waals surface area contributed by atoms with Crippen LogP contribution in [0.5, 0.6) is 0 Å². The fourth-order valence-electron chi connectivity index (χ4n) is 7.44. The maximum atomic E-state index is 12.8. The number of hydrogen-bond acceptors (Lipinski definition) is 6. The van der Waals surface area contributed by atoms with Gasteiger partial charge in [-0.3, -0.25) is 14.4 Å². The van der Waals surface area contributed by atoms with E-state index in [1.54, 1.807) is 0 Å². The Morgan fingerprint density at radius 3 is 1.03 bits per heavy atom. The van der Waals surface area contributed by atoms with Crippen molar-refractivity contribution in [3.63, 3.8) is 0 Å². The fourth-order valence-corrected chi connectivity index (χ4v) is 7.44. The molecule has 0 radical (unpaired) electrons. The molecule has 0 rings (SSSR count). The molecule has 0 aromatic carbocycles. The first kappa shape index (κ1) is 58.4. The number of rotatable bonds is 47. The van der Waals surface area contributed by atoms with Crippen LogP contribution >= 0.6 is 0 Å². The molecule has 0 N–H and O–H groups in total. The average Bonchev–Trinajstić information content (AvgIpc) is 3.26. The summed E-state index contributed by atoms with van der Waals surface area (Å²) in [7, 11) is 0. The normalized spacial score (nSPS) is 12.4. The van der Waals surface area contributed by atoms with Crippen molar-refractivity contribution in [2.45, 2.75) is 271 Å². The van der Waals surface area contributed by atoms with E-state index >= 15 is 0 Å². The van der Waals surface area contributed by atoms with Gasteiger partial charge in [0.15, 0.2) is 6.10 Å². The molecule has 1 atom stereocenters. The summed E-state index contributed by atoms with van der Waals surface area (Å²) in [4.78, 5) is 38.0. The van der Waals surface area contributed by atoms with Gasteiger partial charge in [0.2, 0.25) is 0 Å². The Hall–Kier alpha value is -2.63. The van der Waals surface area contributed by atoms with Gasteiger partial charge in [-0.1, -0.05) is 230 Å². The lowest BCUT2D eigenvalue weighted by atomic mass is 10.0. The first-order valence-corrected chi connectivity index (χ1v) is 26.2. The Labute approximate surface area is 378 Å². The highest BCUT2D eigenvalue weighted by Crippen LogP contribution is 2.15. The van der Waals surface area contributed by atoms with Gasteiger partial charge in [0.05, 0.1) is 0 Å². The van der Waals surface area contributed by atoms with Crippen LogP contribution in [0, 0.1) is 0 Å². The third-order valence-corrected chi connectivity index (χ3v) is 11.4. The van der Waals surface area contributed by atoms with E-state index in [1.807, 2.05) is 0 Å². The van der Waals surface area contributed by atoms with Gasteiger partial charge in [-0.25, -0.2) is 0 Å². The minimum atomic E-state index is -0.781. The van der Waals surface area contributed by atoms with Gasteiger partial charge in [0.1, 0.15) is 13.2 Å². The molecule has 0 fully saturated rings. The first-order valence-electron chi connectivity index (χ1n) is 26.2. The van der Waals surface area contributed by atoms with Crippen molar-refractivity contribution in [3.05, 3.63) is 48.6 Å². The molecule has 0 bridgehead atoms. The quantitative estimate of drug-likeness (QED) is 0.0199. The molecular formula is C55H98O6. The van der Waals surface area contributed by atoms with E-state index in [0.29, 0.717) is 19.3 Å². The third kappa shape index (κ3) is 48.3. The molecule has 0 heterocycles. The average molecular weight is 855 g/mol. The van der Waals surface area contributed by atoms with Crippen molar-refractivity contribution in [1.29, 1.82) is 0 Å². The summed E-state index contributed by atoms with van der Waals surface area (Å²) in [6.45, 7) is 6.50. The summed E-state index contributed by atoms with van der Waals surface area (Å²) < 4.78 is 16.8. The molecule has 1 unspecified atom stereocenters. The highest BCUT2D eigenvalue weighted by atomic mass is 16.6. The molecule has 0 spiro atoms. The van der Waals surface area contributed by atoms with Crippen LogP contribution in [0.15, 0.2) is 48.6 Å². The Bertz CT molecular complexity index is 1070. The summed E-state index contributed by atoms with van der Waals surface area (Å²) >= 11 is 0. The topological polar surface area (TPSA) is 78.9 Å². The van der Waals surface area contributed by atoms with Crippen LogP contribution in [0.4, 0.5) is 0 Å². The van der Waals surface area contributed by atoms with Crippen molar-refractivity contribution in [2.24, 2.45) is 0 Å². The van der Waals surface area contributed by atoms with Gasteiger partial charge in [-0.2, -0.15) is 0 Å². The monoisotopic (exact) mass is 855 g/mol. The zero-order valence-corrected chi connectivity index (χ0v) is 40.4. The van der Waals surface area contributed by atoms with Crippen LogP contribution in [0.2, 0.25) is 0 Å². The number of carbonyl (C=O) groups is 3. The number of hydrogen-bond donors (Lipinski definition) is 0. The molecular weight excluding hydrogens is 757 g/mol. The molecule has 0 aliphatic heterocycles. The lowest BCUT2D eigenvalue weighted by molar-refractivity contribution is -0.167. The predicted molar refractivity (Wildman–Crippen MR) is 261 cm³/mol. The molecule has 0 saturated heterocycles. The molecule has 6 heteroatoms. The molecule has 6 nitrogen and oxygen atoms in total. The summed E-state index contributed by atoms with van der Waals surface area (Å²) in [5.74, 6) is -0.901. The highest BCUT2D eigenvalue weighted by Gasteiger charge is 2.19. The van der Waals surface area contributed by atoms with Gasteiger partial charge in [0, 0.05) is 19.3 Å². The smallest absolute Gasteiger partial charge is 0.306 e. The minimum absolute atomic E-state index is 0.0819. The zero-order chi connectivity index (χ0) is 44.4. The van der Waals surface area contributed by atoms with Gasteiger partial charge < -0.3 is 14.2 Å². The summed E-state index contributed by atoms with van der Waals surface area (Å²) in [5.41, 5.74) is 0. The van der Waals surface area contributed by atoms with E-state index < -0.39 is 6.10 Å². The molecule has 354 valence electrons. The zero-order valence-electron chi connectivity index (χ0n) is 40.4. The third-order valence-electron chi connectivity index (χ3n) is 11.4. The Balaban J connectivity index is 4.38. The lowest BCUT2D eigenvalue weighted by Crippen LogP contribution is -2.30. The van der Waals surface area contributed by atoms with E-state index in [0.717, 1.165) is 89.9 Å². The maximum Gasteiger partial charge on any atom is 0.306 e. The van der Waals surface area contributed by atoms with E-state index in [-0.39, 0.29) is 31.1 Å². The highest BCUT2D eigenvalue weighted by molar-refractivity contribution is 5.71. The van der Waals surface area contributed by atoms with E-state index in [2.05, 4.69) is 69.4 Å². The molecule has 0 aromatic heterocycles. The van der Waals surface area contributed by atoms with Gasteiger partial charge >= 0.3 is 17.9 Å². The molecule has 0 aliphatic rings. The van der Waals surface area contributed by atoms with Crippen LogP contribution in [0.3, 0.4) is 0 Å². The van der Waals surface area contributed by atoms with Gasteiger partial charge in [-0.15, -0.1) is 0 Å². The Morgan fingerprint density at radius 2 is 0.656 bits per heavy atom. The number of esters is 3. The van der Waals surface area contributed by atoms with E-state index in [9.17, 15) is 14.4 Å². The molecule has 0 amide bonds. The van der Waals surface area contributed by atoms with Crippen molar-refractivity contribution < 1.29 is 28.6 Å². The van der Waals surface area contributed by atoms with Crippen LogP contribution in [-0.4, -0.2) is 37.2 Å². The van der Waals surface area contributed by atoms with Crippen molar-refractivity contribution >= 4 is 17.9 Å². The second-order valence-corrected chi connectivity index (χ2v) is 17.5. The van der Waals surface area contributed by atoms with Crippen LogP contribution in [-0.2, 0) is 28.6 Å². The molecule has 0 aromatic rings. The van der Waals surface area contributed by atoms with Crippen LogP contribution in [0.1, 0.15) is 265 Å². The Kier molecular flexibility index (Phi) is 47.9. The van der Waals surface area contributed by atoms with E-state index in [4.69, 9.17) is 14.2 Å². The minimum Gasteiger partial charge on any atom is -0.462 e. The number of unbranched alkanes of at least 4 members (excludes halogenated alkanes) is 30. The van der Waals surface area contributed by atoms with Gasteiger partial charge in [0.25, 0.3) is 0 Å². The maximum absolute atomic E-state index is 12.8. The molecule has 0 aliphatic carbocycles. The van der Waals surface area contributed by atoms with E-state index in [1.165, 1.54) is 135 Å². The van der Waals surface area contributed by atoms with Crippen molar-refractivity contribution in [1.82, 2.24) is 0 Å². The Morgan fingerprint density at radius 1 is 0.344 bits per heavy atom. The summed E-state index contributed by atoms with van der Waals surface area (Å²) in [6.07, 6.45) is 59.5. The van der Waals surface area contributed by atoms with Crippen molar-refractivity contribution in [3.8, 4) is 0 Å². The number of ether oxygens (including phenoxy) is 3. The summed E-state index contributed by atoms with van der Waals surface area (Å²) in [6, 6.07) is 0. The lowest BCUT2D eigenvalue weighted by Gasteiger charge is -2.18. The largest absolute Gasteiger partial charge is 0.462 e. The number of carbonyl (C=O) groups excluding carboxylic acids is 3. The first-order chi connectivity index (χ1) is 30.0. The molecule has 0 saturated carbocycles. The SMILES string of the molecule is CC\C=C/C=C\C=C/CCCCCCCC(=O)OCC(COC(=O)CCCCCCC/C=C\CCCCCCCCC)OC(=O)CCCCCCCCCCCCCCCC. The second kappa shape index (κ2) is 50.0. The standard InChI is InChI=1S/C55H98O6/c1-4-7-10-13-16-19-22-25-27-28-31-33-36-39-42-45-48-54(57)60-51-52(50-59-53(56)47-44-41-38-35-32-29-24-21-18-15-12-9-6-3)61-55(58)49-46-43-40-37-34-30-26-23-20-17-14-11-8-5-2/h9,12,15,18,21,24,27-28,52H,4-8,10-11,13-14,16-17,19-20,22-23,25-26,29-51H2,1-3H3/b12-9-,18-15-,24-21-,28-27-. The summed E-state index contributed by atoms with van der Waals surface area (Å²) in [5, 5.41) is 0. The number of allylic oxidation sites excluding steroid dienone is 8. The van der Waals surface area contributed by atoms with Crippen LogP contribution < -0.4 is 0 Å². The predicted octanol–water partition coefficient (Wildman–Crippen LogP) is 17.1. The van der Waals surface area contributed by atoms with Gasteiger partial charge in [-0.05, 0) is 64.2 Å². The molecule has 61 heavy (non-hydrogen) atoms. The van der Waals surface area contributed by atoms with Crippen molar-refractivity contribution in [2.75, 3.05) is 13.2 Å². The fraction of sp³-hybridized carbons (Fsp3) is 0.800. The second-order valence-electron chi connectivity index (χ2n) is 17.5. The van der Waals surface area contributed by atoms with Crippen LogP contribution in [0.25, 0.3) is 0 Å².